The molecule has 0 spiro atoms. The van der Waals surface area contributed by atoms with Crippen LogP contribution in [0.4, 0.5) is 0 Å². The highest BCUT2D eigenvalue weighted by molar-refractivity contribution is 5.97. The van der Waals surface area contributed by atoms with Gasteiger partial charge < -0.3 is 14.6 Å². The summed E-state index contributed by atoms with van der Waals surface area (Å²) in [6, 6.07) is 14.5. The van der Waals surface area contributed by atoms with Crippen molar-refractivity contribution < 1.29 is 9.53 Å². The molecule has 0 saturated heterocycles. The smallest absolute Gasteiger partial charge is 0.267 e. The Labute approximate surface area is 197 Å². The molecule has 0 unspecified atom stereocenters. The first-order chi connectivity index (χ1) is 16.4. The molecule has 8 heteroatoms. The standard InChI is InChI=1S/C26H29N5O3/c1-4-34-14-8-13-30-23(27)20(25(32)28-18(3)19-9-6-5-7-10-19)15-21-24(30)29-22-12-11-17(2)16-31(22)26(21)33/h5-7,9-12,15-16,18,27H,4,8,13-14H2,1-3H3,(H,28,32)/t18-/m0/s1. The number of benzene rings is 1. The van der Waals surface area contributed by atoms with Crippen molar-refractivity contribution in [2.24, 2.45) is 0 Å². The van der Waals surface area contributed by atoms with Crippen LogP contribution in [0.15, 0.2) is 59.5 Å². The average molecular weight is 460 g/mol. The molecule has 4 aromatic rings. The van der Waals surface area contributed by atoms with Crippen molar-refractivity contribution in [1.29, 1.82) is 5.41 Å². The Kier molecular flexibility index (Phi) is 6.88. The van der Waals surface area contributed by atoms with Crippen molar-refractivity contribution in [2.45, 2.75) is 39.8 Å². The van der Waals surface area contributed by atoms with E-state index >= 15 is 0 Å². The summed E-state index contributed by atoms with van der Waals surface area (Å²) in [5.74, 6) is -0.407. The summed E-state index contributed by atoms with van der Waals surface area (Å²) in [5, 5.41) is 12.1. The lowest BCUT2D eigenvalue weighted by Gasteiger charge is -2.17. The van der Waals surface area contributed by atoms with Crippen LogP contribution >= 0.6 is 0 Å². The molecule has 0 aliphatic carbocycles. The van der Waals surface area contributed by atoms with Gasteiger partial charge in [-0.1, -0.05) is 36.4 Å². The highest BCUT2D eigenvalue weighted by Crippen LogP contribution is 2.14. The van der Waals surface area contributed by atoms with Crippen molar-refractivity contribution >= 4 is 22.6 Å². The number of ether oxygens (including phenoxy) is 1. The van der Waals surface area contributed by atoms with Gasteiger partial charge in [-0.05, 0) is 50.5 Å². The minimum Gasteiger partial charge on any atom is -0.382 e. The third-order valence-corrected chi connectivity index (χ3v) is 5.82. The summed E-state index contributed by atoms with van der Waals surface area (Å²) in [6.45, 7) is 7.23. The molecule has 8 nitrogen and oxygen atoms in total. The normalized spacial score (nSPS) is 12.2. The topological polar surface area (TPSA) is 101 Å². The van der Waals surface area contributed by atoms with Crippen LogP contribution in [0.25, 0.3) is 16.7 Å². The van der Waals surface area contributed by atoms with Crippen LogP contribution in [-0.4, -0.2) is 33.1 Å². The Morgan fingerprint density at radius 1 is 1.21 bits per heavy atom. The van der Waals surface area contributed by atoms with Crippen molar-refractivity contribution in [3.63, 3.8) is 0 Å². The first kappa shape index (κ1) is 23.4. The summed E-state index contributed by atoms with van der Waals surface area (Å²) in [4.78, 5) is 31.3. The number of nitrogens with zero attached hydrogens (tertiary/aromatic N) is 3. The molecule has 34 heavy (non-hydrogen) atoms. The second-order valence-electron chi connectivity index (χ2n) is 8.30. The van der Waals surface area contributed by atoms with Gasteiger partial charge >= 0.3 is 0 Å². The van der Waals surface area contributed by atoms with Gasteiger partial charge in [-0.3, -0.25) is 19.4 Å². The zero-order valence-electron chi connectivity index (χ0n) is 19.7. The van der Waals surface area contributed by atoms with Gasteiger partial charge in [-0.2, -0.15) is 0 Å². The number of aromatic nitrogens is 3. The van der Waals surface area contributed by atoms with Crippen LogP contribution in [0.5, 0.6) is 0 Å². The molecule has 0 saturated carbocycles. The summed E-state index contributed by atoms with van der Waals surface area (Å²) < 4.78 is 8.58. The van der Waals surface area contributed by atoms with E-state index < -0.39 is 5.91 Å². The molecular formula is C26H29N5O3. The maximum Gasteiger partial charge on any atom is 0.267 e. The van der Waals surface area contributed by atoms with E-state index in [1.165, 1.54) is 10.5 Å². The van der Waals surface area contributed by atoms with Gasteiger partial charge in [-0.15, -0.1) is 0 Å². The van der Waals surface area contributed by atoms with Gasteiger partial charge in [0.1, 0.15) is 16.8 Å². The van der Waals surface area contributed by atoms with Crippen LogP contribution in [0.1, 0.15) is 47.8 Å². The zero-order chi connectivity index (χ0) is 24.2. The fourth-order valence-corrected chi connectivity index (χ4v) is 4.00. The van der Waals surface area contributed by atoms with E-state index in [1.54, 1.807) is 16.8 Å². The maximum atomic E-state index is 13.4. The van der Waals surface area contributed by atoms with E-state index in [0.717, 1.165) is 11.1 Å². The highest BCUT2D eigenvalue weighted by atomic mass is 16.5. The molecule has 0 fully saturated rings. The Morgan fingerprint density at radius 2 is 1.97 bits per heavy atom. The molecule has 0 bridgehead atoms. The highest BCUT2D eigenvalue weighted by Gasteiger charge is 2.19. The number of amides is 1. The first-order valence-corrected chi connectivity index (χ1v) is 11.5. The maximum absolute atomic E-state index is 13.4. The Hall–Kier alpha value is -3.78. The molecule has 0 aliphatic rings. The minimum atomic E-state index is -0.407. The number of aryl methyl sites for hydroxylation is 2. The number of hydrogen-bond acceptors (Lipinski definition) is 5. The largest absolute Gasteiger partial charge is 0.382 e. The Balaban J connectivity index is 1.84. The molecule has 0 aliphatic heterocycles. The molecule has 3 aromatic heterocycles. The summed E-state index contributed by atoms with van der Waals surface area (Å²) in [5.41, 5.74) is 2.65. The molecule has 1 aromatic carbocycles. The van der Waals surface area contributed by atoms with Crippen LogP contribution in [0.3, 0.4) is 0 Å². The molecule has 4 rings (SSSR count). The number of carbonyl (C=O) groups is 1. The predicted molar refractivity (Wildman–Crippen MR) is 131 cm³/mol. The van der Waals surface area contributed by atoms with Crippen LogP contribution in [0.2, 0.25) is 0 Å². The average Bonchev–Trinajstić information content (AvgIpc) is 2.84. The molecule has 3 heterocycles. The lowest BCUT2D eigenvalue weighted by atomic mass is 10.1. The zero-order valence-corrected chi connectivity index (χ0v) is 19.7. The van der Waals surface area contributed by atoms with Crippen LogP contribution in [-0.2, 0) is 11.3 Å². The Morgan fingerprint density at radius 3 is 2.71 bits per heavy atom. The fourth-order valence-electron chi connectivity index (χ4n) is 4.00. The second-order valence-corrected chi connectivity index (χ2v) is 8.30. The Bertz CT molecular complexity index is 1460. The van der Waals surface area contributed by atoms with E-state index in [2.05, 4.69) is 10.3 Å². The van der Waals surface area contributed by atoms with E-state index in [9.17, 15) is 9.59 Å². The third kappa shape index (κ3) is 4.63. The van der Waals surface area contributed by atoms with E-state index in [4.69, 9.17) is 10.1 Å². The molecule has 1 amide bonds. The van der Waals surface area contributed by atoms with Crippen LogP contribution < -0.4 is 16.4 Å². The van der Waals surface area contributed by atoms with Crippen molar-refractivity contribution in [3.8, 4) is 0 Å². The lowest BCUT2D eigenvalue weighted by Crippen LogP contribution is -2.36. The molecule has 176 valence electrons. The molecular weight excluding hydrogens is 430 g/mol. The van der Waals surface area contributed by atoms with Gasteiger partial charge in [0.05, 0.1) is 17.0 Å². The summed E-state index contributed by atoms with van der Waals surface area (Å²) in [6.07, 6.45) is 2.36. The summed E-state index contributed by atoms with van der Waals surface area (Å²) >= 11 is 0. The number of fused-ring (bicyclic) bond motifs is 2. The minimum absolute atomic E-state index is 0.0186. The van der Waals surface area contributed by atoms with Gasteiger partial charge in [0.25, 0.3) is 11.5 Å². The molecule has 1 atom stereocenters. The lowest BCUT2D eigenvalue weighted by molar-refractivity contribution is 0.0937. The van der Waals surface area contributed by atoms with E-state index in [1.807, 2.05) is 57.2 Å². The van der Waals surface area contributed by atoms with Gasteiger partial charge in [0.15, 0.2) is 0 Å². The molecule has 0 radical (unpaired) electrons. The quantitative estimate of drug-likeness (QED) is 0.312. The SMILES string of the molecule is CCOCCCn1c(=N)c(C(=O)N[C@@H](C)c2ccccc2)cc2c(=O)n3cc(C)ccc3nc21. The van der Waals surface area contributed by atoms with Crippen LogP contribution in [0, 0.1) is 12.3 Å². The number of hydrogen-bond donors (Lipinski definition) is 2. The van der Waals surface area contributed by atoms with E-state index in [0.29, 0.717) is 42.9 Å². The van der Waals surface area contributed by atoms with E-state index in [-0.39, 0.29) is 22.7 Å². The van der Waals surface area contributed by atoms with Gasteiger partial charge in [-0.25, -0.2) is 4.98 Å². The van der Waals surface area contributed by atoms with Crippen molar-refractivity contribution in [1.82, 2.24) is 19.3 Å². The van der Waals surface area contributed by atoms with Gasteiger partial charge in [0.2, 0.25) is 0 Å². The number of pyridine rings is 2. The van der Waals surface area contributed by atoms with Gasteiger partial charge in [0, 0.05) is 26.0 Å². The van der Waals surface area contributed by atoms with Crippen molar-refractivity contribution in [3.05, 3.63) is 87.3 Å². The number of rotatable bonds is 8. The predicted octanol–water partition coefficient (Wildman–Crippen LogP) is 3.35. The third-order valence-electron chi connectivity index (χ3n) is 5.82. The fraction of sp³-hybridized carbons (Fsp3) is 0.308. The number of nitrogens with one attached hydrogen (secondary N) is 2. The van der Waals surface area contributed by atoms with Crippen molar-refractivity contribution in [2.75, 3.05) is 13.2 Å². The first-order valence-electron chi connectivity index (χ1n) is 11.5. The number of carbonyl (C=O) groups excluding carboxylic acids is 1. The molecule has 2 N–H and O–H groups in total. The monoisotopic (exact) mass is 459 g/mol. The second kappa shape index (κ2) is 10.0. The summed E-state index contributed by atoms with van der Waals surface area (Å²) in [7, 11) is 0.